The zero-order valence-electron chi connectivity index (χ0n) is 14.3. The van der Waals surface area contributed by atoms with Crippen LogP contribution in [-0.2, 0) is 14.8 Å². The normalized spacial score (nSPS) is 17.5. The number of hydrogen-bond donors (Lipinski definition) is 2. The molecule has 1 aromatic carbocycles. The van der Waals surface area contributed by atoms with E-state index in [2.05, 4.69) is 20.0 Å². The predicted octanol–water partition coefficient (Wildman–Crippen LogP) is 1.27. The molecule has 0 aromatic heterocycles. The van der Waals surface area contributed by atoms with Crippen LogP contribution in [0, 0.1) is 0 Å². The number of nitrogens with one attached hydrogen (secondary N) is 2. The van der Waals surface area contributed by atoms with Crippen molar-refractivity contribution in [3.05, 3.63) is 41.5 Å². The van der Waals surface area contributed by atoms with E-state index in [0.717, 1.165) is 6.42 Å². The lowest BCUT2D eigenvalue weighted by molar-refractivity contribution is -0.116. The van der Waals surface area contributed by atoms with Gasteiger partial charge in [-0.15, -0.1) is 0 Å². The molecule has 7 nitrogen and oxygen atoms in total. The number of rotatable bonds is 7. The number of nitrogens with zero attached hydrogens (tertiary/aromatic N) is 2. The Labute approximate surface area is 148 Å². The Kier molecular flexibility index (Phi) is 6.46. The van der Waals surface area contributed by atoms with Crippen LogP contribution in [0.25, 0.3) is 0 Å². The third-order valence-corrected chi connectivity index (χ3v) is 4.90. The van der Waals surface area contributed by atoms with Gasteiger partial charge >= 0.3 is 0 Å². The highest BCUT2D eigenvalue weighted by Gasteiger charge is 2.29. The number of amides is 1. The van der Waals surface area contributed by atoms with Gasteiger partial charge in [-0.25, -0.2) is 8.42 Å². The van der Waals surface area contributed by atoms with E-state index in [1.807, 2.05) is 13.0 Å². The first-order chi connectivity index (χ1) is 12.0. The molecule has 1 aromatic rings. The number of hydrogen-bond acceptors (Lipinski definition) is 5. The number of sulfonamides is 1. The minimum absolute atomic E-state index is 0.174. The van der Waals surface area contributed by atoms with Crippen molar-refractivity contribution in [2.75, 3.05) is 20.1 Å². The summed E-state index contributed by atoms with van der Waals surface area (Å²) in [6.45, 7) is 2.80. The molecule has 0 aliphatic carbocycles. The summed E-state index contributed by atoms with van der Waals surface area (Å²) in [7, 11) is -1.89. The molecule has 0 radical (unpaired) electrons. The van der Waals surface area contributed by atoms with Crippen molar-refractivity contribution >= 4 is 28.0 Å². The summed E-state index contributed by atoms with van der Waals surface area (Å²) in [5.41, 5.74) is 1.12. The molecule has 0 fully saturated rings. The van der Waals surface area contributed by atoms with Crippen LogP contribution in [0.5, 0.6) is 0 Å². The molecule has 0 unspecified atom stereocenters. The molecule has 2 rings (SSSR count). The Bertz CT molecular complexity index is 826. The fourth-order valence-corrected chi connectivity index (χ4v) is 3.64. The fraction of sp³-hybridized carbons (Fsp3) is 0.353. The van der Waals surface area contributed by atoms with Crippen molar-refractivity contribution in [2.45, 2.75) is 24.7 Å². The van der Waals surface area contributed by atoms with E-state index in [1.54, 1.807) is 31.3 Å². The van der Waals surface area contributed by atoms with E-state index in [1.165, 1.54) is 6.21 Å². The standard InChI is InChI=1S/C17H22N4O3S/c1-3-7-13(12-18-2)17(22)20-11-6-10-19-16-14-8-4-5-9-15(14)25(23,24)21-16/h4-5,7-9,12H,3,6,10-11H2,1-2H3,(H,19,21)(H,20,22)/b13-7+,18-12?. The highest BCUT2D eigenvalue weighted by Crippen LogP contribution is 2.21. The van der Waals surface area contributed by atoms with E-state index >= 15 is 0 Å². The summed E-state index contributed by atoms with van der Waals surface area (Å²) in [4.78, 5) is 20.4. The summed E-state index contributed by atoms with van der Waals surface area (Å²) < 4.78 is 26.4. The van der Waals surface area contributed by atoms with Gasteiger partial charge in [0.1, 0.15) is 5.84 Å². The van der Waals surface area contributed by atoms with Crippen LogP contribution in [0.15, 0.2) is 50.8 Å². The second-order valence-corrected chi connectivity index (χ2v) is 7.05. The molecule has 0 atom stereocenters. The second kappa shape index (κ2) is 8.57. The van der Waals surface area contributed by atoms with Crippen LogP contribution in [0.3, 0.4) is 0 Å². The van der Waals surface area contributed by atoms with Gasteiger partial charge in [0.25, 0.3) is 15.9 Å². The van der Waals surface area contributed by atoms with Gasteiger partial charge in [-0.1, -0.05) is 25.1 Å². The Morgan fingerprint density at radius 3 is 2.80 bits per heavy atom. The quantitative estimate of drug-likeness (QED) is 0.434. The smallest absolute Gasteiger partial charge is 0.263 e. The maximum Gasteiger partial charge on any atom is 0.263 e. The van der Waals surface area contributed by atoms with Crippen molar-refractivity contribution in [3.63, 3.8) is 0 Å². The van der Waals surface area contributed by atoms with Crippen LogP contribution in [-0.4, -0.2) is 46.5 Å². The van der Waals surface area contributed by atoms with Crippen LogP contribution in [0.4, 0.5) is 0 Å². The summed E-state index contributed by atoms with van der Waals surface area (Å²) in [5, 5.41) is 2.81. The van der Waals surface area contributed by atoms with Crippen molar-refractivity contribution in [1.82, 2.24) is 10.0 Å². The first-order valence-corrected chi connectivity index (χ1v) is 9.55. The molecular formula is C17H22N4O3S. The maximum absolute atomic E-state index is 12.0. The molecule has 1 amide bonds. The van der Waals surface area contributed by atoms with Crippen LogP contribution in [0.1, 0.15) is 25.3 Å². The van der Waals surface area contributed by atoms with Crippen molar-refractivity contribution in [3.8, 4) is 0 Å². The molecule has 0 saturated heterocycles. The van der Waals surface area contributed by atoms with Gasteiger partial charge < -0.3 is 5.32 Å². The fourth-order valence-electron chi connectivity index (χ4n) is 2.39. The van der Waals surface area contributed by atoms with E-state index in [-0.39, 0.29) is 10.8 Å². The average Bonchev–Trinajstić information content (AvgIpc) is 2.85. The Morgan fingerprint density at radius 2 is 2.08 bits per heavy atom. The first-order valence-electron chi connectivity index (χ1n) is 8.06. The van der Waals surface area contributed by atoms with Gasteiger partial charge in [-0.05, 0) is 25.0 Å². The summed E-state index contributed by atoms with van der Waals surface area (Å²) in [6, 6.07) is 6.72. The van der Waals surface area contributed by atoms with Gasteiger partial charge in [0.05, 0.1) is 10.5 Å². The van der Waals surface area contributed by atoms with Crippen molar-refractivity contribution in [2.24, 2.45) is 9.98 Å². The predicted molar refractivity (Wildman–Crippen MR) is 98.6 cm³/mol. The molecular weight excluding hydrogens is 340 g/mol. The first kappa shape index (κ1) is 18.9. The van der Waals surface area contributed by atoms with E-state index < -0.39 is 10.0 Å². The lowest BCUT2D eigenvalue weighted by atomic mass is 10.2. The average molecular weight is 362 g/mol. The van der Waals surface area contributed by atoms with Gasteiger partial charge in [0.15, 0.2) is 0 Å². The summed E-state index contributed by atoms with van der Waals surface area (Å²) in [6.07, 6.45) is 4.69. The van der Waals surface area contributed by atoms with Crippen molar-refractivity contribution in [1.29, 1.82) is 0 Å². The molecule has 0 saturated carbocycles. The Balaban J connectivity index is 1.89. The lowest BCUT2D eigenvalue weighted by Crippen LogP contribution is -2.27. The summed E-state index contributed by atoms with van der Waals surface area (Å²) >= 11 is 0. The molecule has 8 heteroatoms. The lowest BCUT2D eigenvalue weighted by Gasteiger charge is -2.05. The number of aliphatic imine (C=N–C) groups is 2. The minimum Gasteiger partial charge on any atom is -0.352 e. The number of amidine groups is 1. The Morgan fingerprint density at radius 1 is 1.32 bits per heavy atom. The molecule has 1 aliphatic heterocycles. The van der Waals surface area contributed by atoms with Crippen LogP contribution >= 0.6 is 0 Å². The largest absolute Gasteiger partial charge is 0.352 e. The zero-order valence-corrected chi connectivity index (χ0v) is 15.1. The third-order valence-electron chi connectivity index (χ3n) is 3.51. The second-order valence-electron chi connectivity index (χ2n) is 5.40. The van der Waals surface area contributed by atoms with Crippen molar-refractivity contribution < 1.29 is 13.2 Å². The monoisotopic (exact) mass is 362 g/mol. The number of carbonyl (C=O) groups is 1. The molecule has 0 bridgehead atoms. The third kappa shape index (κ3) is 4.76. The molecule has 2 N–H and O–H groups in total. The molecule has 1 aliphatic rings. The number of fused-ring (bicyclic) bond motifs is 1. The van der Waals surface area contributed by atoms with E-state index in [4.69, 9.17) is 0 Å². The topological polar surface area (TPSA) is 100.0 Å². The molecule has 1 heterocycles. The van der Waals surface area contributed by atoms with Gasteiger partial charge in [-0.3, -0.25) is 19.5 Å². The SMILES string of the molecule is CC/C=C(\C=NC)C(=O)NCCCN=C1NS(=O)(=O)c2ccccc21. The van der Waals surface area contributed by atoms with Gasteiger partial charge in [0, 0.05) is 31.9 Å². The number of carbonyl (C=O) groups excluding carboxylic acids is 1. The number of benzene rings is 1. The van der Waals surface area contributed by atoms with Gasteiger partial charge in [-0.2, -0.15) is 0 Å². The van der Waals surface area contributed by atoms with E-state index in [0.29, 0.717) is 36.5 Å². The highest BCUT2D eigenvalue weighted by molar-refractivity contribution is 7.90. The highest BCUT2D eigenvalue weighted by atomic mass is 32.2. The zero-order chi connectivity index (χ0) is 18.3. The van der Waals surface area contributed by atoms with Crippen LogP contribution in [0.2, 0.25) is 0 Å². The van der Waals surface area contributed by atoms with Gasteiger partial charge in [0.2, 0.25) is 0 Å². The molecule has 134 valence electrons. The number of allylic oxidation sites excluding steroid dienone is 1. The summed E-state index contributed by atoms with van der Waals surface area (Å²) in [5.74, 6) is 0.179. The maximum atomic E-state index is 12.0. The Hall–Kier alpha value is -2.48. The van der Waals surface area contributed by atoms with Crippen LogP contribution < -0.4 is 10.0 Å². The van der Waals surface area contributed by atoms with E-state index in [9.17, 15) is 13.2 Å². The minimum atomic E-state index is -3.51. The molecule has 0 spiro atoms. The molecule has 25 heavy (non-hydrogen) atoms.